The molecular formula is C26H32N4O2. The molecule has 0 spiro atoms. The Morgan fingerprint density at radius 2 is 2.03 bits per heavy atom. The van der Waals surface area contributed by atoms with Crippen LogP contribution in [0.4, 0.5) is 0 Å². The van der Waals surface area contributed by atoms with Gasteiger partial charge in [-0.25, -0.2) is 0 Å². The molecule has 168 valence electrons. The van der Waals surface area contributed by atoms with Gasteiger partial charge in [0.2, 0.25) is 5.91 Å². The van der Waals surface area contributed by atoms with Crippen molar-refractivity contribution >= 4 is 18.0 Å². The molecule has 0 aromatic heterocycles. The van der Waals surface area contributed by atoms with E-state index in [4.69, 9.17) is 0 Å². The van der Waals surface area contributed by atoms with Crippen LogP contribution in [-0.4, -0.2) is 53.5 Å². The summed E-state index contributed by atoms with van der Waals surface area (Å²) in [5.74, 6) is 0.348. The van der Waals surface area contributed by atoms with Gasteiger partial charge in [0.25, 0.3) is 5.91 Å². The molecule has 32 heavy (non-hydrogen) atoms. The van der Waals surface area contributed by atoms with E-state index in [2.05, 4.69) is 46.6 Å². The van der Waals surface area contributed by atoms with Crippen molar-refractivity contribution in [3.05, 3.63) is 71.6 Å². The van der Waals surface area contributed by atoms with Gasteiger partial charge in [0.15, 0.2) is 0 Å². The van der Waals surface area contributed by atoms with Gasteiger partial charge in [0.05, 0.1) is 0 Å². The van der Waals surface area contributed by atoms with Crippen LogP contribution in [0.25, 0.3) is 0 Å². The molecule has 3 aliphatic rings. The van der Waals surface area contributed by atoms with Gasteiger partial charge in [-0.2, -0.15) is 0 Å². The fraction of sp³-hybridized carbons (Fsp3) is 0.423. The van der Waals surface area contributed by atoms with E-state index in [1.54, 1.807) is 11.1 Å². The standard InChI is InChI=1S/C26H32N4O2/c1-4-19(15-27-5-2)16-29-12-10-20(11-13-29)21-7-8-23-22(14-21)17-30(26(23)32)24-9-6-18(3)28-25(24)31/h4-5,7-8,14-15,20,24H,2-3,6,9-13,16-17H2,1H3,(H,28,31)/b19-4+,27-15-. The number of carbonyl (C=O) groups is 2. The molecule has 3 aliphatic heterocycles. The fourth-order valence-electron chi connectivity index (χ4n) is 4.97. The summed E-state index contributed by atoms with van der Waals surface area (Å²) in [5, 5.41) is 2.80. The number of piperidine rings is 2. The number of aliphatic imine (C=N–C) groups is 1. The summed E-state index contributed by atoms with van der Waals surface area (Å²) in [4.78, 5) is 33.7. The van der Waals surface area contributed by atoms with Gasteiger partial charge >= 0.3 is 0 Å². The summed E-state index contributed by atoms with van der Waals surface area (Å²) in [5.41, 5.74) is 5.03. The van der Waals surface area contributed by atoms with Crippen molar-refractivity contribution < 1.29 is 9.59 Å². The highest BCUT2D eigenvalue weighted by Gasteiger charge is 2.38. The summed E-state index contributed by atoms with van der Waals surface area (Å²) >= 11 is 0. The van der Waals surface area contributed by atoms with Gasteiger partial charge in [-0.05, 0) is 74.4 Å². The average Bonchev–Trinajstić information content (AvgIpc) is 3.12. The first-order valence-electron chi connectivity index (χ1n) is 11.4. The van der Waals surface area contributed by atoms with E-state index in [-0.39, 0.29) is 11.8 Å². The monoisotopic (exact) mass is 432 g/mol. The number of amides is 2. The Labute approximate surface area is 190 Å². The van der Waals surface area contributed by atoms with Crippen molar-refractivity contribution in [1.29, 1.82) is 0 Å². The Morgan fingerprint density at radius 1 is 1.25 bits per heavy atom. The SMILES string of the molecule is C=C/N=C\C(=C/C)CN1CCC(c2ccc3c(c2)CN(C2CCC(=C)NC2=O)C3=O)CC1. The van der Waals surface area contributed by atoms with Crippen LogP contribution >= 0.6 is 0 Å². The van der Waals surface area contributed by atoms with Crippen molar-refractivity contribution in [3.63, 3.8) is 0 Å². The lowest BCUT2D eigenvalue weighted by atomic mass is 9.87. The van der Waals surface area contributed by atoms with E-state index < -0.39 is 6.04 Å². The van der Waals surface area contributed by atoms with Crippen LogP contribution < -0.4 is 5.32 Å². The molecule has 3 heterocycles. The predicted octanol–water partition coefficient (Wildman–Crippen LogP) is 3.77. The van der Waals surface area contributed by atoms with Crippen molar-refractivity contribution in [2.75, 3.05) is 19.6 Å². The summed E-state index contributed by atoms with van der Waals surface area (Å²) in [6.45, 7) is 13.0. The third-order valence-corrected chi connectivity index (χ3v) is 6.84. The number of nitrogens with one attached hydrogen (secondary N) is 1. The van der Waals surface area contributed by atoms with E-state index >= 15 is 0 Å². The molecule has 6 heteroatoms. The van der Waals surface area contributed by atoms with Crippen LogP contribution in [-0.2, 0) is 11.3 Å². The summed E-state index contributed by atoms with van der Waals surface area (Å²) in [6, 6.07) is 5.86. The Morgan fingerprint density at radius 3 is 2.72 bits per heavy atom. The zero-order chi connectivity index (χ0) is 22.7. The molecule has 1 aromatic rings. The van der Waals surface area contributed by atoms with E-state index in [0.717, 1.165) is 49.3 Å². The summed E-state index contributed by atoms with van der Waals surface area (Å²) in [6.07, 6.45) is 9.09. The highest BCUT2D eigenvalue weighted by molar-refractivity contribution is 6.01. The Kier molecular flexibility index (Phi) is 6.70. The number of allylic oxidation sites excluding steroid dienone is 2. The minimum atomic E-state index is -0.405. The lowest BCUT2D eigenvalue weighted by Gasteiger charge is -2.32. The second-order valence-corrected chi connectivity index (χ2v) is 8.87. The normalized spacial score (nSPS) is 23.0. The van der Waals surface area contributed by atoms with Crippen LogP contribution in [0.3, 0.4) is 0 Å². The minimum absolute atomic E-state index is 0.0332. The second kappa shape index (κ2) is 9.65. The Balaban J connectivity index is 1.39. The van der Waals surface area contributed by atoms with Gasteiger partial charge in [-0.1, -0.05) is 31.4 Å². The second-order valence-electron chi connectivity index (χ2n) is 8.87. The number of benzene rings is 1. The first kappa shape index (κ1) is 22.2. The summed E-state index contributed by atoms with van der Waals surface area (Å²) in [7, 11) is 0. The fourth-order valence-corrected chi connectivity index (χ4v) is 4.97. The number of hydrogen-bond donors (Lipinski definition) is 1. The molecule has 2 saturated heterocycles. The maximum Gasteiger partial charge on any atom is 0.255 e. The maximum absolute atomic E-state index is 13.0. The molecule has 1 atom stereocenters. The molecule has 0 saturated carbocycles. The van der Waals surface area contributed by atoms with Gasteiger partial charge < -0.3 is 10.2 Å². The summed E-state index contributed by atoms with van der Waals surface area (Å²) < 4.78 is 0. The topological polar surface area (TPSA) is 65.0 Å². The predicted molar refractivity (Wildman–Crippen MR) is 127 cm³/mol. The Bertz CT molecular complexity index is 986. The van der Waals surface area contributed by atoms with Crippen LogP contribution in [0, 0.1) is 0 Å². The first-order valence-corrected chi connectivity index (χ1v) is 11.4. The third kappa shape index (κ3) is 4.60. The van der Waals surface area contributed by atoms with Crippen LogP contribution in [0.5, 0.6) is 0 Å². The molecule has 1 N–H and O–H groups in total. The molecule has 1 aromatic carbocycles. The Hall–Kier alpha value is -2.99. The lowest BCUT2D eigenvalue weighted by molar-refractivity contribution is -0.126. The quantitative estimate of drug-likeness (QED) is 0.696. The van der Waals surface area contributed by atoms with Gasteiger partial charge in [-0.15, -0.1) is 0 Å². The molecule has 2 fully saturated rings. The highest BCUT2D eigenvalue weighted by atomic mass is 16.2. The van der Waals surface area contributed by atoms with E-state index in [0.29, 0.717) is 25.3 Å². The first-order chi connectivity index (χ1) is 15.5. The molecule has 6 nitrogen and oxygen atoms in total. The third-order valence-electron chi connectivity index (χ3n) is 6.84. The van der Waals surface area contributed by atoms with Crippen molar-refractivity contribution in [3.8, 4) is 0 Å². The average molecular weight is 433 g/mol. The molecule has 2 amide bonds. The number of fused-ring (bicyclic) bond motifs is 1. The number of nitrogens with zero attached hydrogens (tertiary/aromatic N) is 3. The van der Waals surface area contributed by atoms with E-state index in [1.165, 1.54) is 11.1 Å². The minimum Gasteiger partial charge on any atom is -0.329 e. The molecule has 0 radical (unpaired) electrons. The maximum atomic E-state index is 13.0. The van der Waals surface area contributed by atoms with E-state index in [1.807, 2.05) is 19.2 Å². The molecule has 4 rings (SSSR count). The number of likely N-dealkylation sites (tertiary alicyclic amines) is 1. The lowest BCUT2D eigenvalue weighted by Crippen LogP contribution is -2.49. The van der Waals surface area contributed by atoms with Crippen LogP contribution in [0.2, 0.25) is 0 Å². The largest absolute Gasteiger partial charge is 0.329 e. The van der Waals surface area contributed by atoms with Crippen molar-refractivity contribution in [2.45, 2.75) is 51.1 Å². The van der Waals surface area contributed by atoms with Crippen LogP contribution in [0.1, 0.15) is 60.0 Å². The number of carbonyl (C=O) groups excluding carboxylic acids is 2. The van der Waals surface area contributed by atoms with Crippen molar-refractivity contribution in [1.82, 2.24) is 15.1 Å². The van der Waals surface area contributed by atoms with Gasteiger partial charge in [-0.3, -0.25) is 19.5 Å². The van der Waals surface area contributed by atoms with E-state index in [9.17, 15) is 9.59 Å². The number of hydrogen-bond acceptors (Lipinski definition) is 4. The van der Waals surface area contributed by atoms with Gasteiger partial charge in [0, 0.05) is 36.8 Å². The number of rotatable bonds is 6. The molecule has 1 unspecified atom stereocenters. The highest BCUT2D eigenvalue weighted by Crippen LogP contribution is 2.34. The molecular weight excluding hydrogens is 400 g/mol. The van der Waals surface area contributed by atoms with Crippen LogP contribution in [0.15, 0.2) is 59.9 Å². The van der Waals surface area contributed by atoms with Gasteiger partial charge in [0.1, 0.15) is 6.04 Å². The molecule has 0 aliphatic carbocycles. The molecule has 0 bridgehead atoms. The zero-order valence-electron chi connectivity index (χ0n) is 18.8. The smallest absolute Gasteiger partial charge is 0.255 e. The van der Waals surface area contributed by atoms with Crippen molar-refractivity contribution in [2.24, 2.45) is 4.99 Å². The zero-order valence-corrected chi connectivity index (χ0v) is 18.8.